The van der Waals surface area contributed by atoms with E-state index in [9.17, 15) is 9.18 Å². The molecule has 0 aliphatic carbocycles. The molecule has 1 aromatic heterocycles. The Morgan fingerprint density at radius 3 is 2.63 bits per heavy atom. The summed E-state index contributed by atoms with van der Waals surface area (Å²) in [6.07, 6.45) is 5.56. The molecule has 1 fully saturated rings. The van der Waals surface area contributed by atoms with Crippen LogP contribution in [0.15, 0.2) is 60.8 Å². The van der Waals surface area contributed by atoms with Crippen molar-refractivity contribution in [3.63, 3.8) is 0 Å². The van der Waals surface area contributed by atoms with Gasteiger partial charge < -0.3 is 10.6 Å². The van der Waals surface area contributed by atoms with Crippen molar-refractivity contribution in [1.29, 1.82) is 0 Å². The molecule has 4 rings (SSSR count). The van der Waals surface area contributed by atoms with Crippen LogP contribution < -0.4 is 5.73 Å². The highest BCUT2D eigenvalue weighted by Crippen LogP contribution is 2.36. The molecule has 0 bridgehead atoms. The first-order chi connectivity index (χ1) is 14.6. The van der Waals surface area contributed by atoms with Gasteiger partial charge in [0, 0.05) is 24.7 Å². The number of carbonyl (C=O) groups excluding carboxylic acids is 1. The smallest absolute Gasteiger partial charge is 0.223 e. The summed E-state index contributed by atoms with van der Waals surface area (Å²) in [6, 6.07) is 16.1. The quantitative estimate of drug-likeness (QED) is 0.677. The number of halogens is 1. The number of nitrogens with zero attached hydrogens (tertiary/aromatic N) is 3. The van der Waals surface area contributed by atoms with Crippen molar-refractivity contribution in [3.8, 4) is 11.1 Å². The first-order valence-electron chi connectivity index (χ1n) is 10.3. The van der Waals surface area contributed by atoms with Crippen LogP contribution in [0, 0.1) is 5.82 Å². The van der Waals surface area contributed by atoms with Gasteiger partial charge in [-0.05, 0) is 48.9 Å². The molecule has 154 valence electrons. The average molecular weight is 404 g/mol. The summed E-state index contributed by atoms with van der Waals surface area (Å²) in [5.74, 6) is 0.0325. The molecule has 1 saturated heterocycles. The van der Waals surface area contributed by atoms with Crippen LogP contribution in [0.2, 0.25) is 0 Å². The second-order valence-corrected chi connectivity index (χ2v) is 7.62. The van der Waals surface area contributed by atoms with E-state index in [1.165, 1.54) is 12.1 Å². The molecule has 1 aliphatic rings. The van der Waals surface area contributed by atoms with E-state index in [1.54, 1.807) is 18.3 Å². The molecule has 2 N–H and O–H groups in total. The van der Waals surface area contributed by atoms with E-state index < -0.39 is 0 Å². The molecule has 3 aromatic rings. The van der Waals surface area contributed by atoms with E-state index in [4.69, 9.17) is 5.73 Å². The van der Waals surface area contributed by atoms with E-state index in [2.05, 4.69) is 9.97 Å². The Morgan fingerprint density at radius 1 is 1.10 bits per heavy atom. The molecule has 1 unspecified atom stereocenters. The molecular weight excluding hydrogens is 379 g/mol. The average Bonchev–Trinajstić information content (AvgIpc) is 2.79. The van der Waals surface area contributed by atoms with Crippen molar-refractivity contribution in [2.45, 2.75) is 38.1 Å². The van der Waals surface area contributed by atoms with Gasteiger partial charge in [-0.3, -0.25) is 4.79 Å². The van der Waals surface area contributed by atoms with Crippen LogP contribution in [0.1, 0.15) is 43.0 Å². The van der Waals surface area contributed by atoms with Gasteiger partial charge in [-0.25, -0.2) is 14.4 Å². The predicted octanol–water partition coefficient (Wildman–Crippen LogP) is 4.55. The maximum Gasteiger partial charge on any atom is 0.223 e. The number of aryl methyl sites for hydroxylation is 1. The minimum atomic E-state index is -0.268. The lowest BCUT2D eigenvalue weighted by molar-refractivity contribution is -0.135. The second kappa shape index (κ2) is 9.03. The summed E-state index contributed by atoms with van der Waals surface area (Å²) >= 11 is 0. The number of aromatic nitrogens is 2. The number of piperidine rings is 1. The molecule has 1 aliphatic heterocycles. The lowest BCUT2D eigenvalue weighted by atomic mass is 9.93. The Hall–Kier alpha value is -3.28. The van der Waals surface area contributed by atoms with Gasteiger partial charge in [-0.15, -0.1) is 0 Å². The van der Waals surface area contributed by atoms with E-state index in [1.807, 2.05) is 35.2 Å². The zero-order valence-corrected chi connectivity index (χ0v) is 16.8. The molecule has 0 spiro atoms. The molecule has 1 atom stereocenters. The lowest BCUT2D eigenvalue weighted by Gasteiger charge is -2.36. The van der Waals surface area contributed by atoms with Gasteiger partial charge in [0.05, 0.1) is 11.7 Å². The fourth-order valence-electron chi connectivity index (χ4n) is 4.06. The fourth-order valence-corrected chi connectivity index (χ4v) is 4.06. The van der Waals surface area contributed by atoms with Crippen LogP contribution in [0.3, 0.4) is 0 Å². The molecule has 2 heterocycles. The van der Waals surface area contributed by atoms with Crippen LogP contribution in [-0.2, 0) is 11.2 Å². The van der Waals surface area contributed by atoms with Gasteiger partial charge >= 0.3 is 0 Å². The number of nitrogen functional groups attached to an aromatic ring is 1. The van der Waals surface area contributed by atoms with E-state index in [0.717, 1.165) is 41.6 Å². The molecule has 0 saturated carbocycles. The normalized spacial score (nSPS) is 16.4. The zero-order chi connectivity index (χ0) is 20.9. The Labute approximate surface area is 175 Å². The first-order valence-corrected chi connectivity index (χ1v) is 10.3. The molecule has 2 aromatic carbocycles. The maximum absolute atomic E-state index is 13.1. The zero-order valence-electron chi connectivity index (χ0n) is 16.8. The number of rotatable bonds is 5. The number of carbonyl (C=O) groups is 1. The summed E-state index contributed by atoms with van der Waals surface area (Å²) in [7, 11) is 0. The fraction of sp³-hybridized carbons (Fsp3) is 0.292. The van der Waals surface area contributed by atoms with Crippen LogP contribution in [0.5, 0.6) is 0 Å². The van der Waals surface area contributed by atoms with Crippen molar-refractivity contribution in [3.05, 3.63) is 77.9 Å². The third-order valence-electron chi connectivity index (χ3n) is 5.60. The summed E-state index contributed by atoms with van der Waals surface area (Å²) in [6.45, 7) is 0.699. The Kier molecular flexibility index (Phi) is 6.02. The van der Waals surface area contributed by atoms with E-state index in [-0.39, 0.29) is 23.7 Å². The Bertz CT molecular complexity index is 1010. The predicted molar refractivity (Wildman–Crippen MR) is 115 cm³/mol. The van der Waals surface area contributed by atoms with Gasteiger partial charge in [0.2, 0.25) is 11.9 Å². The third-order valence-corrected chi connectivity index (χ3v) is 5.60. The number of hydrogen-bond donors (Lipinski definition) is 1. The summed E-state index contributed by atoms with van der Waals surface area (Å²) in [5, 5.41) is 0. The van der Waals surface area contributed by atoms with E-state index in [0.29, 0.717) is 19.4 Å². The Balaban J connectivity index is 1.58. The number of benzene rings is 2. The van der Waals surface area contributed by atoms with Crippen molar-refractivity contribution < 1.29 is 9.18 Å². The second-order valence-electron chi connectivity index (χ2n) is 7.62. The van der Waals surface area contributed by atoms with E-state index >= 15 is 0 Å². The van der Waals surface area contributed by atoms with Crippen molar-refractivity contribution in [2.24, 2.45) is 0 Å². The SMILES string of the molecule is Nc1ncc(-c2ccccc2)c(C2CCCCN2C(=O)CCc2ccc(F)cc2)n1. The molecular formula is C24H25FN4O. The Morgan fingerprint density at radius 2 is 1.87 bits per heavy atom. The molecule has 5 nitrogen and oxygen atoms in total. The standard InChI is InChI=1S/C24H25FN4O/c25-19-12-9-17(10-13-19)11-14-22(30)29-15-5-4-8-21(29)23-20(16-27-24(26)28-23)18-6-2-1-3-7-18/h1-3,6-7,9-10,12-13,16,21H,4-5,8,11,14-15H2,(H2,26,27,28). The van der Waals surface area contributed by atoms with Crippen LogP contribution in [-0.4, -0.2) is 27.3 Å². The molecule has 0 radical (unpaired) electrons. The minimum absolute atomic E-state index is 0.0835. The van der Waals surface area contributed by atoms with Gasteiger partial charge in [0.25, 0.3) is 0 Å². The number of amides is 1. The third kappa shape index (κ3) is 4.48. The summed E-state index contributed by atoms with van der Waals surface area (Å²) in [4.78, 5) is 23.8. The van der Waals surface area contributed by atoms with Crippen molar-refractivity contribution >= 4 is 11.9 Å². The lowest BCUT2D eigenvalue weighted by Crippen LogP contribution is -2.39. The van der Waals surface area contributed by atoms with Gasteiger partial charge in [-0.2, -0.15) is 0 Å². The number of nitrogens with two attached hydrogens (primary N) is 1. The highest BCUT2D eigenvalue weighted by molar-refractivity contribution is 5.78. The largest absolute Gasteiger partial charge is 0.368 e. The minimum Gasteiger partial charge on any atom is -0.368 e. The van der Waals surface area contributed by atoms with Crippen LogP contribution in [0.25, 0.3) is 11.1 Å². The number of hydrogen-bond acceptors (Lipinski definition) is 4. The first kappa shape index (κ1) is 20.0. The topological polar surface area (TPSA) is 72.1 Å². The van der Waals surface area contributed by atoms with Crippen LogP contribution >= 0.6 is 0 Å². The molecule has 1 amide bonds. The highest BCUT2D eigenvalue weighted by atomic mass is 19.1. The van der Waals surface area contributed by atoms with Gasteiger partial charge in [0.15, 0.2) is 0 Å². The van der Waals surface area contributed by atoms with Crippen molar-refractivity contribution in [2.75, 3.05) is 12.3 Å². The van der Waals surface area contributed by atoms with Crippen LogP contribution in [0.4, 0.5) is 10.3 Å². The summed E-state index contributed by atoms with van der Waals surface area (Å²) < 4.78 is 13.1. The number of likely N-dealkylation sites (tertiary alicyclic amines) is 1. The van der Waals surface area contributed by atoms with Gasteiger partial charge in [0.1, 0.15) is 5.82 Å². The summed E-state index contributed by atoms with van der Waals surface area (Å²) in [5.41, 5.74) is 9.61. The van der Waals surface area contributed by atoms with Crippen molar-refractivity contribution in [1.82, 2.24) is 14.9 Å². The molecule has 30 heavy (non-hydrogen) atoms. The van der Waals surface area contributed by atoms with Gasteiger partial charge in [-0.1, -0.05) is 42.5 Å². The molecule has 6 heteroatoms. The number of anilines is 1. The maximum atomic E-state index is 13.1. The highest BCUT2D eigenvalue weighted by Gasteiger charge is 2.31. The monoisotopic (exact) mass is 404 g/mol.